The lowest BCUT2D eigenvalue weighted by Crippen LogP contribution is -2.36. The van der Waals surface area contributed by atoms with E-state index in [-0.39, 0.29) is 0 Å². The lowest BCUT2D eigenvalue weighted by atomic mass is 9.84. The van der Waals surface area contributed by atoms with Gasteiger partial charge in [0.25, 0.3) is 0 Å². The minimum absolute atomic E-state index is 0.595. The first-order chi connectivity index (χ1) is 10.2. The van der Waals surface area contributed by atoms with Gasteiger partial charge in [0.2, 0.25) is 5.95 Å². The molecule has 0 aromatic carbocycles. The number of nitrogens with one attached hydrogen (secondary N) is 1. The SMILES string of the molecule is CCCNc1ncc(Br)c(N(C)C2CCC(CC)CC2)n1. The van der Waals surface area contributed by atoms with E-state index in [1.165, 1.54) is 32.1 Å². The fraction of sp³-hybridized carbons (Fsp3) is 0.750. The highest BCUT2D eigenvalue weighted by Gasteiger charge is 2.25. The van der Waals surface area contributed by atoms with Gasteiger partial charge in [0.05, 0.1) is 4.47 Å². The molecule has 1 N–H and O–H groups in total. The first-order valence-corrected chi connectivity index (χ1v) is 8.94. The van der Waals surface area contributed by atoms with Gasteiger partial charge in [-0.3, -0.25) is 0 Å². The van der Waals surface area contributed by atoms with Gasteiger partial charge in [-0.25, -0.2) is 4.98 Å². The van der Waals surface area contributed by atoms with E-state index in [0.29, 0.717) is 6.04 Å². The zero-order valence-electron chi connectivity index (χ0n) is 13.4. The summed E-state index contributed by atoms with van der Waals surface area (Å²) in [6.07, 6.45) is 9.47. The lowest BCUT2D eigenvalue weighted by molar-refractivity contribution is 0.313. The van der Waals surface area contributed by atoms with E-state index in [0.717, 1.165) is 35.1 Å². The minimum atomic E-state index is 0.595. The molecule has 0 amide bonds. The molecule has 1 heterocycles. The predicted octanol–water partition coefficient (Wildman–Crippen LogP) is 4.47. The van der Waals surface area contributed by atoms with E-state index in [1.807, 2.05) is 6.20 Å². The van der Waals surface area contributed by atoms with Crippen molar-refractivity contribution in [1.82, 2.24) is 9.97 Å². The van der Waals surface area contributed by atoms with E-state index < -0.39 is 0 Å². The average molecular weight is 355 g/mol. The smallest absolute Gasteiger partial charge is 0.224 e. The first kappa shape index (κ1) is 16.5. The quantitative estimate of drug-likeness (QED) is 0.818. The van der Waals surface area contributed by atoms with Crippen LogP contribution in [0.2, 0.25) is 0 Å². The Labute approximate surface area is 136 Å². The van der Waals surface area contributed by atoms with Gasteiger partial charge in [-0.1, -0.05) is 20.3 Å². The topological polar surface area (TPSA) is 41.1 Å². The number of aromatic nitrogens is 2. The fourth-order valence-electron chi connectivity index (χ4n) is 3.04. The van der Waals surface area contributed by atoms with Crippen molar-refractivity contribution in [3.8, 4) is 0 Å². The molecule has 0 radical (unpaired) electrons. The van der Waals surface area contributed by atoms with E-state index in [1.54, 1.807) is 0 Å². The average Bonchev–Trinajstić information content (AvgIpc) is 2.53. The number of anilines is 2. The summed E-state index contributed by atoms with van der Waals surface area (Å²) in [6.45, 7) is 5.36. The summed E-state index contributed by atoms with van der Waals surface area (Å²) in [5, 5.41) is 3.27. The summed E-state index contributed by atoms with van der Waals surface area (Å²) < 4.78 is 0.977. The van der Waals surface area contributed by atoms with E-state index in [9.17, 15) is 0 Å². The summed E-state index contributed by atoms with van der Waals surface area (Å²) in [6, 6.07) is 0.595. The Hall–Kier alpha value is -0.840. The molecule has 2 rings (SSSR count). The molecule has 118 valence electrons. The third-order valence-corrected chi connectivity index (χ3v) is 5.09. The molecular formula is C16H27BrN4. The Kier molecular flexibility index (Phi) is 6.27. The molecule has 4 nitrogen and oxygen atoms in total. The van der Waals surface area contributed by atoms with Crippen molar-refractivity contribution in [2.24, 2.45) is 5.92 Å². The molecule has 21 heavy (non-hydrogen) atoms. The molecule has 1 aromatic heterocycles. The number of hydrogen-bond acceptors (Lipinski definition) is 4. The summed E-state index contributed by atoms with van der Waals surface area (Å²) in [4.78, 5) is 11.3. The van der Waals surface area contributed by atoms with Gasteiger partial charge < -0.3 is 10.2 Å². The van der Waals surface area contributed by atoms with Crippen molar-refractivity contribution in [2.45, 2.75) is 58.4 Å². The zero-order chi connectivity index (χ0) is 15.2. The van der Waals surface area contributed by atoms with Crippen LogP contribution in [-0.4, -0.2) is 29.6 Å². The van der Waals surface area contributed by atoms with Crippen molar-refractivity contribution in [1.29, 1.82) is 0 Å². The highest BCUT2D eigenvalue weighted by molar-refractivity contribution is 9.10. The highest BCUT2D eigenvalue weighted by atomic mass is 79.9. The second-order valence-corrected chi connectivity index (χ2v) is 6.84. The number of nitrogens with zero attached hydrogens (tertiary/aromatic N) is 3. The van der Waals surface area contributed by atoms with Crippen LogP contribution in [0.5, 0.6) is 0 Å². The third-order valence-electron chi connectivity index (χ3n) is 4.53. The summed E-state index contributed by atoms with van der Waals surface area (Å²) in [7, 11) is 2.16. The molecule has 5 heteroatoms. The molecule has 1 aliphatic rings. The van der Waals surface area contributed by atoms with Gasteiger partial charge >= 0.3 is 0 Å². The van der Waals surface area contributed by atoms with E-state index >= 15 is 0 Å². The molecule has 0 spiro atoms. The monoisotopic (exact) mass is 354 g/mol. The molecule has 0 saturated heterocycles. The van der Waals surface area contributed by atoms with E-state index in [4.69, 9.17) is 0 Å². The van der Waals surface area contributed by atoms with Crippen molar-refractivity contribution >= 4 is 27.7 Å². The van der Waals surface area contributed by atoms with Crippen LogP contribution in [-0.2, 0) is 0 Å². The minimum Gasteiger partial charge on any atom is -0.356 e. The number of halogens is 1. The molecule has 1 aliphatic carbocycles. The molecule has 0 aliphatic heterocycles. The molecule has 0 bridgehead atoms. The van der Waals surface area contributed by atoms with Gasteiger partial charge in [0, 0.05) is 25.8 Å². The van der Waals surface area contributed by atoms with Crippen LogP contribution in [0.4, 0.5) is 11.8 Å². The largest absolute Gasteiger partial charge is 0.356 e. The summed E-state index contributed by atoms with van der Waals surface area (Å²) >= 11 is 3.60. The van der Waals surface area contributed by atoms with Crippen LogP contribution in [0, 0.1) is 5.92 Å². The molecule has 1 fully saturated rings. The zero-order valence-corrected chi connectivity index (χ0v) is 15.0. The van der Waals surface area contributed by atoms with Crippen LogP contribution >= 0.6 is 15.9 Å². The maximum Gasteiger partial charge on any atom is 0.224 e. The standard InChI is InChI=1S/C16H27BrN4/c1-4-10-18-16-19-11-14(17)15(20-16)21(3)13-8-6-12(5-2)7-9-13/h11-13H,4-10H2,1-3H3,(H,18,19,20). The van der Waals surface area contributed by atoms with Crippen LogP contribution in [0.3, 0.4) is 0 Å². The predicted molar refractivity (Wildman–Crippen MR) is 93.0 cm³/mol. The van der Waals surface area contributed by atoms with Crippen molar-refractivity contribution in [3.63, 3.8) is 0 Å². The van der Waals surface area contributed by atoms with Crippen LogP contribution in [0.15, 0.2) is 10.7 Å². The second-order valence-electron chi connectivity index (χ2n) is 5.99. The van der Waals surface area contributed by atoms with Crippen molar-refractivity contribution < 1.29 is 0 Å². The Morgan fingerprint density at radius 2 is 2.00 bits per heavy atom. The van der Waals surface area contributed by atoms with Gasteiger partial charge in [0.15, 0.2) is 0 Å². The molecule has 1 aromatic rings. The Bertz CT molecular complexity index is 444. The van der Waals surface area contributed by atoms with Crippen LogP contribution in [0.25, 0.3) is 0 Å². The van der Waals surface area contributed by atoms with Gasteiger partial charge in [-0.05, 0) is 54.0 Å². The van der Waals surface area contributed by atoms with Crippen LogP contribution in [0.1, 0.15) is 52.4 Å². The van der Waals surface area contributed by atoms with Gasteiger partial charge in [0.1, 0.15) is 5.82 Å². The summed E-state index contributed by atoms with van der Waals surface area (Å²) in [5.74, 6) is 2.65. The van der Waals surface area contributed by atoms with Gasteiger partial charge in [-0.15, -0.1) is 0 Å². The summed E-state index contributed by atoms with van der Waals surface area (Å²) in [5.41, 5.74) is 0. The molecule has 0 atom stereocenters. The maximum atomic E-state index is 4.68. The maximum absolute atomic E-state index is 4.68. The lowest BCUT2D eigenvalue weighted by Gasteiger charge is -2.35. The molecule has 1 saturated carbocycles. The highest BCUT2D eigenvalue weighted by Crippen LogP contribution is 2.33. The molecular weight excluding hydrogens is 328 g/mol. The third kappa shape index (κ3) is 4.31. The second kappa shape index (κ2) is 7.97. The van der Waals surface area contributed by atoms with Gasteiger partial charge in [-0.2, -0.15) is 4.98 Å². The molecule has 0 unspecified atom stereocenters. The Balaban J connectivity index is 2.05. The number of rotatable bonds is 6. The normalized spacial score (nSPS) is 22.1. The Morgan fingerprint density at radius 3 is 2.62 bits per heavy atom. The first-order valence-electron chi connectivity index (χ1n) is 8.14. The Morgan fingerprint density at radius 1 is 1.29 bits per heavy atom. The van der Waals surface area contributed by atoms with Crippen molar-refractivity contribution in [2.75, 3.05) is 23.8 Å². The van der Waals surface area contributed by atoms with Crippen LogP contribution < -0.4 is 10.2 Å². The van der Waals surface area contributed by atoms with E-state index in [2.05, 4.69) is 57.0 Å². The fourth-order valence-corrected chi connectivity index (χ4v) is 3.51. The number of hydrogen-bond donors (Lipinski definition) is 1. The van der Waals surface area contributed by atoms with Crippen molar-refractivity contribution in [3.05, 3.63) is 10.7 Å².